The van der Waals surface area contributed by atoms with Crippen LogP contribution in [0.1, 0.15) is 54.4 Å². The molecule has 1 amide bonds. The number of hydrogen-bond acceptors (Lipinski definition) is 3. The zero-order valence-corrected chi connectivity index (χ0v) is 12.8. The van der Waals surface area contributed by atoms with Crippen LogP contribution in [0.4, 0.5) is 0 Å². The second-order valence-corrected chi connectivity index (χ2v) is 6.23. The molecule has 0 radical (unpaired) electrons. The van der Waals surface area contributed by atoms with Crippen molar-refractivity contribution in [3.8, 4) is 0 Å². The van der Waals surface area contributed by atoms with E-state index >= 15 is 0 Å². The van der Waals surface area contributed by atoms with Crippen molar-refractivity contribution in [2.24, 2.45) is 11.1 Å². The van der Waals surface area contributed by atoms with Gasteiger partial charge in [0.25, 0.3) is 0 Å². The van der Waals surface area contributed by atoms with Crippen molar-refractivity contribution in [1.29, 1.82) is 0 Å². The molecule has 108 valence electrons. The van der Waals surface area contributed by atoms with Gasteiger partial charge in [0.1, 0.15) is 0 Å². The SMILES string of the molecule is CC(C)OCCCCNC(=O)C(C)(C)C(C)(C)N. The average molecular weight is 258 g/mol. The first-order valence-corrected chi connectivity index (χ1v) is 6.78. The van der Waals surface area contributed by atoms with E-state index in [0.717, 1.165) is 19.4 Å². The molecule has 18 heavy (non-hydrogen) atoms. The van der Waals surface area contributed by atoms with E-state index in [1.165, 1.54) is 0 Å². The molecular weight excluding hydrogens is 228 g/mol. The molecule has 0 aromatic rings. The number of ether oxygens (including phenoxy) is 1. The fourth-order valence-corrected chi connectivity index (χ4v) is 1.26. The molecule has 0 saturated carbocycles. The monoisotopic (exact) mass is 258 g/mol. The van der Waals surface area contributed by atoms with E-state index in [9.17, 15) is 4.79 Å². The van der Waals surface area contributed by atoms with Gasteiger partial charge in [0, 0.05) is 18.7 Å². The van der Waals surface area contributed by atoms with Gasteiger partial charge in [-0.05, 0) is 54.4 Å². The molecule has 0 spiro atoms. The van der Waals surface area contributed by atoms with E-state index in [-0.39, 0.29) is 12.0 Å². The Morgan fingerprint density at radius 2 is 1.78 bits per heavy atom. The number of carbonyl (C=O) groups is 1. The van der Waals surface area contributed by atoms with Crippen LogP contribution in [0.25, 0.3) is 0 Å². The summed E-state index contributed by atoms with van der Waals surface area (Å²) in [5.41, 5.74) is 4.92. The third-order valence-electron chi connectivity index (χ3n) is 3.49. The molecule has 0 rings (SSSR count). The van der Waals surface area contributed by atoms with Crippen LogP contribution in [0, 0.1) is 5.41 Å². The zero-order valence-electron chi connectivity index (χ0n) is 12.8. The van der Waals surface area contributed by atoms with E-state index in [4.69, 9.17) is 10.5 Å². The van der Waals surface area contributed by atoms with Gasteiger partial charge in [0.15, 0.2) is 0 Å². The Morgan fingerprint density at radius 1 is 1.22 bits per heavy atom. The number of carbonyl (C=O) groups excluding carboxylic acids is 1. The van der Waals surface area contributed by atoms with Crippen molar-refractivity contribution in [3.63, 3.8) is 0 Å². The standard InChI is InChI=1S/C14H30N2O2/c1-11(2)18-10-8-7-9-16-12(17)13(3,4)14(5,6)15/h11H,7-10,15H2,1-6H3,(H,16,17). The van der Waals surface area contributed by atoms with Crippen LogP contribution in [0.2, 0.25) is 0 Å². The van der Waals surface area contributed by atoms with E-state index in [1.54, 1.807) is 0 Å². The van der Waals surface area contributed by atoms with Crippen molar-refractivity contribution < 1.29 is 9.53 Å². The van der Waals surface area contributed by atoms with E-state index in [0.29, 0.717) is 6.54 Å². The van der Waals surface area contributed by atoms with Gasteiger partial charge in [-0.2, -0.15) is 0 Å². The number of nitrogens with one attached hydrogen (secondary N) is 1. The molecule has 0 aromatic carbocycles. The first-order valence-electron chi connectivity index (χ1n) is 6.78. The van der Waals surface area contributed by atoms with Gasteiger partial charge in [0.05, 0.1) is 11.5 Å². The number of amides is 1. The number of nitrogens with two attached hydrogens (primary N) is 1. The van der Waals surface area contributed by atoms with E-state index in [1.807, 2.05) is 41.5 Å². The molecule has 4 nitrogen and oxygen atoms in total. The molecule has 0 unspecified atom stereocenters. The van der Waals surface area contributed by atoms with Gasteiger partial charge in [0.2, 0.25) is 5.91 Å². The number of rotatable bonds is 8. The lowest BCUT2D eigenvalue weighted by Gasteiger charge is -2.36. The van der Waals surface area contributed by atoms with Crippen LogP contribution < -0.4 is 11.1 Å². The maximum absolute atomic E-state index is 12.0. The van der Waals surface area contributed by atoms with Crippen LogP contribution in [-0.2, 0) is 9.53 Å². The van der Waals surface area contributed by atoms with Crippen molar-refractivity contribution in [2.45, 2.75) is 66.0 Å². The molecule has 0 heterocycles. The highest BCUT2D eigenvalue weighted by molar-refractivity contribution is 5.83. The molecule has 4 heteroatoms. The minimum Gasteiger partial charge on any atom is -0.379 e. The van der Waals surface area contributed by atoms with E-state index in [2.05, 4.69) is 5.32 Å². The Balaban J connectivity index is 3.85. The van der Waals surface area contributed by atoms with Crippen LogP contribution >= 0.6 is 0 Å². The molecule has 0 aliphatic heterocycles. The number of unbranched alkanes of at least 4 members (excludes halogenated alkanes) is 1. The molecule has 0 aromatic heterocycles. The minimum atomic E-state index is -0.568. The lowest BCUT2D eigenvalue weighted by molar-refractivity contribution is -0.132. The predicted octanol–water partition coefficient (Wildman–Crippen LogP) is 2.07. The predicted molar refractivity (Wildman–Crippen MR) is 75.4 cm³/mol. The van der Waals surface area contributed by atoms with Gasteiger partial charge in [-0.1, -0.05) is 0 Å². The Morgan fingerprint density at radius 3 is 2.22 bits per heavy atom. The second-order valence-electron chi connectivity index (χ2n) is 6.23. The Bertz CT molecular complexity index is 255. The molecule has 0 aliphatic rings. The van der Waals surface area contributed by atoms with Gasteiger partial charge >= 0.3 is 0 Å². The van der Waals surface area contributed by atoms with Gasteiger partial charge < -0.3 is 15.8 Å². The third-order valence-corrected chi connectivity index (χ3v) is 3.49. The van der Waals surface area contributed by atoms with Crippen LogP contribution in [0.5, 0.6) is 0 Å². The third kappa shape index (κ3) is 5.83. The highest BCUT2D eigenvalue weighted by Crippen LogP contribution is 2.28. The summed E-state index contributed by atoms with van der Waals surface area (Å²) in [7, 11) is 0. The highest BCUT2D eigenvalue weighted by Gasteiger charge is 2.39. The summed E-state index contributed by atoms with van der Waals surface area (Å²) in [5.74, 6) is 0.0137. The Kier molecular flexibility index (Phi) is 6.86. The first-order chi connectivity index (χ1) is 8.09. The van der Waals surface area contributed by atoms with Crippen molar-refractivity contribution in [1.82, 2.24) is 5.32 Å². The summed E-state index contributed by atoms with van der Waals surface area (Å²) in [6.07, 6.45) is 2.17. The summed E-state index contributed by atoms with van der Waals surface area (Å²) in [4.78, 5) is 12.0. The first kappa shape index (κ1) is 17.4. The van der Waals surface area contributed by atoms with Gasteiger partial charge in [-0.15, -0.1) is 0 Å². The van der Waals surface area contributed by atoms with Crippen LogP contribution in [0.15, 0.2) is 0 Å². The summed E-state index contributed by atoms with van der Waals surface area (Å²) in [6, 6.07) is 0. The lowest BCUT2D eigenvalue weighted by Crippen LogP contribution is -2.55. The lowest BCUT2D eigenvalue weighted by atomic mass is 9.74. The molecule has 0 fully saturated rings. The average Bonchev–Trinajstić information content (AvgIpc) is 2.20. The Labute approximate surface area is 112 Å². The number of hydrogen-bond donors (Lipinski definition) is 2. The normalized spacial score (nSPS) is 12.9. The quantitative estimate of drug-likeness (QED) is 0.655. The molecule has 0 aliphatic carbocycles. The second kappa shape index (κ2) is 7.10. The van der Waals surface area contributed by atoms with Crippen LogP contribution in [-0.4, -0.2) is 30.7 Å². The minimum absolute atomic E-state index is 0.0137. The fourth-order valence-electron chi connectivity index (χ4n) is 1.26. The summed E-state index contributed by atoms with van der Waals surface area (Å²) < 4.78 is 5.44. The summed E-state index contributed by atoms with van der Waals surface area (Å²) in [5, 5.41) is 2.94. The summed E-state index contributed by atoms with van der Waals surface area (Å²) >= 11 is 0. The van der Waals surface area contributed by atoms with Crippen molar-refractivity contribution in [2.75, 3.05) is 13.2 Å². The van der Waals surface area contributed by atoms with E-state index < -0.39 is 11.0 Å². The zero-order chi connectivity index (χ0) is 14.4. The molecule has 0 bridgehead atoms. The maximum Gasteiger partial charge on any atom is 0.227 e. The fraction of sp³-hybridized carbons (Fsp3) is 0.929. The molecule has 3 N–H and O–H groups in total. The van der Waals surface area contributed by atoms with Crippen LogP contribution in [0.3, 0.4) is 0 Å². The van der Waals surface area contributed by atoms with Crippen molar-refractivity contribution in [3.05, 3.63) is 0 Å². The Hall–Kier alpha value is -0.610. The van der Waals surface area contributed by atoms with Crippen molar-refractivity contribution >= 4 is 5.91 Å². The summed E-state index contributed by atoms with van der Waals surface area (Å²) in [6.45, 7) is 13.0. The van der Waals surface area contributed by atoms with Gasteiger partial charge in [-0.25, -0.2) is 0 Å². The molecule has 0 atom stereocenters. The maximum atomic E-state index is 12.0. The largest absolute Gasteiger partial charge is 0.379 e. The molecule has 0 saturated heterocycles. The smallest absolute Gasteiger partial charge is 0.227 e. The topological polar surface area (TPSA) is 64.3 Å². The van der Waals surface area contributed by atoms with Gasteiger partial charge in [-0.3, -0.25) is 4.79 Å². The molecular formula is C14H30N2O2. The highest BCUT2D eigenvalue weighted by atomic mass is 16.5.